The van der Waals surface area contributed by atoms with E-state index in [2.05, 4.69) is 4.74 Å². The molecule has 154 valence electrons. The SMILES string of the molecule is C[C@H](c1ccccc1)N(C)C(=O)COC(=O)/C=C/c1ccc(OC(F)(F)F)cc1. The fraction of sp³-hybridized carbons (Fsp3) is 0.238. The molecule has 0 fully saturated rings. The van der Waals surface area contributed by atoms with Crippen molar-refractivity contribution in [3.05, 3.63) is 71.8 Å². The molecule has 0 saturated carbocycles. The quantitative estimate of drug-likeness (QED) is 0.506. The van der Waals surface area contributed by atoms with Gasteiger partial charge in [-0.1, -0.05) is 42.5 Å². The van der Waals surface area contributed by atoms with Gasteiger partial charge in [0.15, 0.2) is 6.61 Å². The first kappa shape index (κ1) is 22.0. The maximum Gasteiger partial charge on any atom is 0.573 e. The summed E-state index contributed by atoms with van der Waals surface area (Å²) in [5.74, 6) is -1.47. The van der Waals surface area contributed by atoms with Crippen LogP contribution in [0.5, 0.6) is 5.75 Å². The van der Waals surface area contributed by atoms with Crippen molar-refractivity contribution in [2.45, 2.75) is 19.3 Å². The molecule has 0 aliphatic heterocycles. The lowest BCUT2D eigenvalue weighted by molar-refractivity contribution is -0.274. The number of carbonyl (C=O) groups excluding carboxylic acids is 2. The number of likely N-dealkylation sites (N-methyl/N-ethyl adjacent to an activating group) is 1. The van der Waals surface area contributed by atoms with Crippen molar-refractivity contribution in [3.8, 4) is 5.75 Å². The van der Waals surface area contributed by atoms with Gasteiger partial charge in [-0.15, -0.1) is 13.2 Å². The summed E-state index contributed by atoms with van der Waals surface area (Å²) in [5, 5.41) is 0. The first-order valence-electron chi connectivity index (χ1n) is 8.67. The number of hydrogen-bond acceptors (Lipinski definition) is 4. The van der Waals surface area contributed by atoms with Crippen LogP contribution >= 0.6 is 0 Å². The molecule has 0 aliphatic rings. The van der Waals surface area contributed by atoms with Gasteiger partial charge >= 0.3 is 12.3 Å². The van der Waals surface area contributed by atoms with Crippen molar-refractivity contribution in [2.75, 3.05) is 13.7 Å². The summed E-state index contributed by atoms with van der Waals surface area (Å²) in [6, 6.07) is 14.2. The molecule has 0 aromatic heterocycles. The van der Waals surface area contributed by atoms with Crippen molar-refractivity contribution >= 4 is 18.0 Å². The van der Waals surface area contributed by atoms with Crippen LogP contribution in [0.4, 0.5) is 13.2 Å². The first-order chi connectivity index (χ1) is 13.7. The second-order valence-electron chi connectivity index (χ2n) is 6.15. The highest BCUT2D eigenvalue weighted by molar-refractivity contribution is 5.89. The standard InChI is InChI=1S/C21H20F3NO4/c1-15(17-6-4-3-5-7-17)25(2)19(26)14-28-20(27)13-10-16-8-11-18(12-9-16)29-21(22,23)24/h3-13,15H,14H2,1-2H3/b13-10+/t15-/m1/s1. The largest absolute Gasteiger partial charge is 0.573 e. The van der Waals surface area contributed by atoms with Crippen LogP contribution in [0.25, 0.3) is 6.08 Å². The van der Waals surface area contributed by atoms with E-state index >= 15 is 0 Å². The van der Waals surface area contributed by atoms with Crippen LogP contribution in [0.3, 0.4) is 0 Å². The predicted molar refractivity (Wildman–Crippen MR) is 101 cm³/mol. The minimum absolute atomic E-state index is 0.185. The lowest BCUT2D eigenvalue weighted by Gasteiger charge is -2.25. The maximum absolute atomic E-state index is 12.2. The molecule has 2 rings (SSSR count). The molecule has 1 amide bonds. The summed E-state index contributed by atoms with van der Waals surface area (Å²) in [5.41, 5.74) is 1.42. The molecule has 0 radical (unpaired) electrons. The number of hydrogen-bond donors (Lipinski definition) is 0. The molecule has 0 N–H and O–H groups in total. The Morgan fingerprint density at radius 1 is 1.07 bits per heavy atom. The predicted octanol–water partition coefficient (Wildman–Crippen LogP) is 4.36. The number of carbonyl (C=O) groups is 2. The Labute approximate surface area is 166 Å². The Morgan fingerprint density at radius 3 is 2.28 bits per heavy atom. The van der Waals surface area contributed by atoms with Crippen molar-refractivity contribution in [1.82, 2.24) is 4.90 Å². The molecule has 8 heteroatoms. The van der Waals surface area contributed by atoms with Crippen molar-refractivity contribution in [2.24, 2.45) is 0 Å². The van der Waals surface area contributed by atoms with Crippen LogP contribution < -0.4 is 4.74 Å². The Morgan fingerprint density at radius 2 is 1.69 bits per heavy atom. The number of halogens is 3. The van der Waals surface area contributed by atoms with Crippen LogP contribution in [0, 0.1) is 0 Å². The summed E-state index contributed by atoms with van der Waals surface area (Å²) < 4.78 is 45.1. The normalized spacial score (nSPS) is 12.4. The van der Waals surface area contributed by atoms with Crippen LogP contribution in [0.15, 0.2) is 60.7 Å². The zero-order valence-electron chi connectivity index (χ0n) is 15.8. The molecule has 2 aromatic rings. The van der Waals surface area contributed by atoms with Gasteiger partial charge in [-0.2, -0.15) is 0 Å². The van der Waals surface area contributed by atoms with Gasteiger partial charge in [0.2, 0.25) is 0 Å². The smallest absolute Gasteiger partial charge is 0.452 e. The van der Waals surface area contributed by atoms with E-state index in [1.165, 1.54) is 23.1 Å². The van der Waals surface area contributed by atoms with E-state index in [4.69, 9.17) is 4.74 Å². The average molecular weight is 407 g/mol. The van der Waals surface area contributed by atoms with Crippen molar-refractivity contribution in [1.29, 1.82) is 0 Å². The molecule has 2 aromatic carbocycles. The number of rotatable bonds is 7. The van der Waals surface area contributed by atoms with E-state index in [-0.39, 0.29) is 17.7 Å². The van der Waals surface area contributed by atoms with Crippen molar-refractivity contribution in [3.63, 3.8) is 0 Å². The number of ether oxygens (including phenoxy) is 2. The Balaban J connectivity index is 1.83. The number of alkyl halides is 3. The van der Waals surface area contributed by atoms with Gasteiger partial charge < -0.3 is 14.4 Å². The second-order valence-corrected chi connectivity index (χ2v) is 6.15. The molecule has 0 unspecified atom stereocenters. The third-order valence-corrected chi connectivity index (χ3v) is 4.12. The molecule has 0 heterocycles. The molecular weight excluding hydrogens is 387 g/mol. The average Bonchev–Trinajstić information content (AvgIpc) is 2.69. The van der Waals surface area contributed by atoms with Gasteiger partial charge in [0.25, 0.3) is 5.91 Å². The van der Waals surface area contributed by atoms with Gasteiger partial charge in [0, 0.05) is 13.1 Å². The molecular formula is C21H20F3NO4. The Hall–Kier alpha value is -3.29. The van der Waals surface area contributed by atoms with Crippen LogP contribution in [0.2, 0.25) is 0 Å². The highest BCUT2D eigenvalue weighted by atomic mass is 19.4. The van der Waals surface area contributed by atoms with Gasteiger partial charge in [0.1, 0.15) is 5.75 Å². The molecule has 0 saturated heterocycles. The Kier molecular flexibility index (Phi) is 7.41. The van der Waals surface area contributed by atoms with E-state index in [0.717, 1.165) is 23.8 Å². The van der Waals surface area contributed by atoms with Gasteiger partial charge in [-0.05, 0) is 36.3 Å². The van der Waals surface area contributed by atoms with Crippen molar-refractivity contribution < 1.29 is 32.2 Å². The second kappa shape index (κ2) is 9.77. The molecule has 0 aliphatic carbocycles. The van der Waals surface area contributed by atoms with Crippen LogP contribution in [0.1, 0.15) is 24.1 Å². The van der Waals surface area contributed by atoms with E-state index in [9.17, 15) is 22.8 Å². The van der Waals surface area contributed by atoms with Crippen LogP contribution in [-0.4, -0.2) is 36.8 Å². The van der Waals surface area contributed by atoms with E-state index < -0.39 is 18.9 Å². The lowest BCUT2D eigenvalue weighted by atomic mass is 10.1. The number of nitrogens with zero attached hydrogens (tertiary/aromatic N) is 1. The summed E-state index contributed by atoms with van der Waals surface area (Å²) in [4.78, 5) is 25.5. The summed E-state index contributed by atoms with van der Waals surface area (Å²) >= 11 is 0. The fourth-order valence-electron chi connectivity index (χ4n) is 2.40. The first-order valence-corrected chi connectivity index (χ1v) is 8.67. The molecule has 0 bridgehead atoms. The summed E-state index contributed by atoms with van der Waals surface area (Å²) in [6.45, 7) is 1.44. The monoisotopic (exact) mass is 407 g/mol. The molecule has 0 spiro atoms. The third-order valence-electron chi connectivity index (χ3n) is 4.12. The molecule has 1 atom stereocenters. The minimum Gasteiger partial charge on any atom is -0.452 e. The van der Waals surface area contributed by atoms with E-state index in [1.54, 1.807) is 7.05 Å². The zero-order chi connectivity index (χ0) is 21.4. The lowest BCUT2D eigenvalue weighted by Crippen LogP contribution is -2.33. The topological polar surface area (TPSA) is 55.8 Å². The maximum atomic E-state index is 12.2. The zero-order valence-corrected chi connectivity index (χ0v) is 15.8. The van der Waals surface area contributed by atoms with Crippen LogP contribution in [-0.2, 0) is 14.3 Å². The number of benzene rings is 2. The highest BCUT2D eigenvalue weighted by Crippen LogP contribution is 2.23. The Bertz CT molecular complexity index is 848. The third kappa shape index (κ3) is 7.33. The van der Waals surface area contributed by atoms with Gasteiger partial charge in [-0.25, -0.2) is 4.79 Å². The highest BCUT2D eigenvalue weighted by Gasteiger charge is 2.30. The number of amides is 1. The minimum atomic E-state index is -4.77. The molecule has 5 nitrogen and oxygen atoms in total. The summed E-state index contributed by atoms with van der Waals surface area (Å²) in [7, 11) is 1.62. The van der Waals surface area contributed by atoms with E-state index in [0.29, 0.717) is 5.56 Å². The number of esters is 1. The fourth-order valence-corrected chi connectivity index (χ4v) is 2.40. The molecule has 29 heavy (non-hydrogen) atoms. The van der Waals surface area contributed by atoms with Gasteiger partial charge in [-0.3, -0.25) is 4.79 Å². The summed E-state index contributed by atoms with van der Waals surface area (Å²) in [6.07, 6.45) is -2.31. The van der Waals surface area contributed by atoms with E-state index in [1.807, 2.05) is 37.3 Å². The van der Waals surface area contributed by atoms with Gasteiger partial charge in [0.05, 0.1) is 6.04 Å².